The molecule has 0 fully saturated rings. The summed E-state index contributed by atoms with van der Waals surface area (Å²) in [5.41, 5.74) is 2.21. The molecule has 1 aromatic carbocycles. The van der Waals surface area contributed by atoms with Crippen LogP contribution in [0.25, 0.3) is 5.76 Å². The van der Waals surface area contributed by atoms with Crippen LogP contribution in [-0.2, 0) is 9.30 Å². The van der Waals surface area contributed by atoms with Crippen molar-refractivity contribution < 1.29 is 13.8 Å². The third-order valence-corrected chi connectivity index (χ3v) is 3.23. The number of benzene rings is 1. The number of methoxy groups -OCH3 is 1. The quantitative estimate of drug-likeness (QED) is 0.547. The minimum absolute atomic E-state index is 0.350. The number of hydrogen-bond acceptors (Lipinski definition) is 3. The molecule has 0 unspecified atom stereocenters. The van der Waals surface area contributed by atoms with Crippen molar-refractivity contribution in [3.05, 3.63) is 35.4 Å². The van der Waals surface area contributed by atoms with E-state index in [-0.39, 0.29) is 8.69 Å². The zero-order chi connectivity index (χ0) is 14.4. The molecule has 19 heavy (non-hydrogen) atoms. The Morgan fingerprint density at radius 1 is 1.16 bits per heavy atom. The summed E-state index contributed by atoms with van der Waals surface area (Å²) in [6.07, 6.45) is 0. The van der Waals surface area contributed by atoms with E-state index in [9.17, 15) is 4.57 Å². The summed E-state index contributed by atoms with van der Waals surface area (Å²) in [6.45, 7) is 8.63. The summed E-state index contributed by atoms with van der Waals surface area (Å²) in [6, 6.07) is 7.45. The van der Waals surface area contributed by atoms with E-state index in [4.69, 9.17) is 9.26 Å². The lowest BCUT2D eigenvalue weighted by molar-refractivity contribution is 0.357. The van der Waals surface area contributed by atoms with Crippen LogP contribution in [0, 0.1) is 11.8 Å². The van der Waals surface area contributed by atoms with Gasteiger partial charge in [0.1, 0.15) is 11.5 Å². The molecule has 0 radical (unpaired) electrons. The van der Waals surface area contributed by atoms with Crippen molar-refractivity contribution in [2.75, 3.05) is 7.11 Å². The second kappa shape index (κ2) is 7.30. The summed E-state index contributed by atoms with van der Waals surface area (Å²) in [7, 11) is 1.33. The molecule has 0 aliphatic rings. The molecule has 1 rings (SSSR count). The van der Waals surface area contributed by atoms with Gasteiger partial charge in [-0.25, -0.2) is 4.57 Å². The standard InChI is InChI=1S/C15H21O3P/c1-10(2)14(11(3)4)15(17-5)12-7-6-8-13(9-12)18-19-16/h6-11H,1-5H3. The normalized spacial score (nSPS) is 10.9. The van der Waals surface area contributed by atoms with E-state index in [1.54, 1.807) is 13.2 Å². The van der Waals surface area contributed by atoms with Crippen LogP contribution in [0.2, 0.25) is 0 Å². The molecular formula is C15H21O3P. The first kappa shape index (κ1) is 15.7. The van der Waals surface area contributed by atoms with Crippen LogP contribution in [0.5, 0.6) is 5.75 Å². The van der Waals surface area contributed by atoms with E-state index in [2.05, 4.69) is 27.7 Å². The molecule has 0 aliphatic carbocycles. The van der Waals surface area contributed by atoms with Gasteiger partial charge in [0.2, 0.25) is 0 Å². The first-order chi connectivity index (χ1) is 9.01. The largest absolute Gasteiger partial charge is 0.496 e. The Hall–Kier alpha value is -1.34. The molecular weight excluding hydrogens is 259 g/mol. The topological polar surface area (TPSA) is 35.5 Å². The molecule has 3 nitrogen and oxygen atoms in total. The van der Waals surface area contributed by atoms with Crippen molar-refractivity contribution in [2.24, 2.45) is 11.8 Å². The van der Waals surface area contributed by atoms with Gasteiger partial charge in [-0.05, 0) is 29.5 Å². The Kier molecular flexibility index (Phi) is 6.04. The molecule has 0 N–H and O–H groups in total. The van der Waals surface area contributed by atoms with E-state index >= 15 is 0 Å². The maximum absolute atomic E-state index is 10.5. The highest BCUT2D eigenvalue weighted by Gasteiger charge is 2.17. The van der Waals surface area contributed by atoms with Gasteiger partial charge >= 0.3 is 8.69 Å². The molecule has 0 amide bonds. The third-order valence-electron chi connectivity index (χ3n) is 2.95. The molecule has 4 heteroatoms. The van der Waals surface area contributed by atoms with Gasteiger partial charge in [0.05, 0.1) is 7.11 Å². The van der Waals surface area contributed by atoms with Crippen LogP contribution in [-0.4, -0.2) is 7.11 Å². The van der Waals surface area contributed by atoms with Crippen molar-refractivity contribution in [1.29, 1.82) is 0 Å². The predicted octanol–water partition coefficient (Wildman–Crippen LogP) is 4.94. The minimum Gasteiger partial charge on any atom is -0.496 e. The first-order valence-corrected chi connectivity index (χ1v) is 7.12. The summed E-state index contributed by atoms with van der Waals surface area (Å²) in [4.78, 5) is 0. The van der Waals surface area contributed by atoms with Crippen LogP contribution in [0.15, 0.2) is 29.8 Å². The Labute approximate surface area is 116 Å². The van der Waals surface area contributed by atoms with Gasteiger partial charge in [0, 0.05) is 5.56 Å². The average molecular weight is 280 g/mol. The van der Waals surface area contributed by atoms with E-state index in [0.29, 0.717) is 17.6 Å². The summed E-state index contributed by atoms with van der Waals surface area (Å²) < 4.78 is 21.1. The van der Waals surface area contributed by atoms with Gasteiger partial charge in [-0.1, -0.05) is 39.8 Å². The van der Waals surface area contributed by atoms with Crippen LogP contribution < -0.4 is 4.52 Å². The zero-order valence-corrected chi connectivity index (χ0v) is 13.0. The van der Waals surface area contributed by atoms with E-state index in [1.807, 2.05) is 18.2 Å². The van der Waals surface area contributed by atoms with Gasteiger partial charge in [-0.15, -0.1) is 0 Å². The molecule has 0 aliphatic heterocycles. The molecule has 104 valence electrons. The highest BCUT2D eigenvalue weighted by Crippen LogP contribution is 2.31. The van der Waals surface area contributed by atoms with Crippen molar-refractivity contribution in [3.63, 3.8) is 0 Å². The van der Waals surface area contributed by atoms with Gasteiger partial charge in [-0.2, -0.15) is 0 Å². The maximum atomic E-state index is 10.5. The molecule has 0 saturated carbocycles. The maximum Gasteiger partial charge on any atom is 0.395 e. The molecule has 0 aromatic heterocycles. The fourth-order valence-corrected chi connectivity index (χ4v) is 2.53. The van der Waals surface area contributed by atoms with Crippen molar-refractivity contribution in [2.45, 2.75) is 27.7 Å². The number of hydrogen-bond donors (Lipinski definition) is 0. The number of rotatable bonds is 6. The number of allylic oxidation sites excluding steroid dienone is 1. The second-order valence-corrected chi connectivity index (χ2v) is 5.32. The first-order valence-electron chi connectivity index (χ1n) is 6.39. The van der Waals surface area contributed by atoms with Crippen LogP contribution in [0.3, 0.4) is 0 Å². The second-order valence-electron chi connectivity index (χ2n) is 4.99. The van der Waals surface area contributed by atoms with Crippen molar-refractivity contribution in [1.82, 2.24) is 0 Å². The average Bonchev–Trinajstić information content (AvgIpc) is 2.35. The molecule has 0 atom stereocenters. The number of ether oxygens (including phenoxy) is 1. The lowest BCUT2D eigenvalue weighted by Gasteiger charge is -2.21. The monoisotopic (exact) mass is 280 g/mol. The Bertz CT molecular complexity index is 454. The van der Waals surface area contributed by atoms with Crippen LogP contribution in [0.4, 0.5) is 0 Å². The molecule has 1 aromatic rings. The van der Waals surface area contributed by atoms with Crippen molar-refractivity contribution >= 4 is 14.4 Å². The van der Waals surface area contributed by atoms with E-state index in [0.717, 1.165) is 11.3 Å². The fourth-order valence-electron chi connectivity index (χ4n) is 2.33. The van der Waals surface area contributed by atoms with E-state index < -0.39 is 0 Å². The lowest BCUT2D eigenvalue weighted by atomic mass is 9.89. The van der Waals surface area contributed by atoms with Crippen LogP contribution >= 0.6 is 8.69 Å². The Morgan fingerprint density at radius 2 is 1.79 bits per heavy atom. The summed E-state index contributed by atoms with van der Waals surface area (Å²) in [5, 5.41) is 0. The summed E-state index contributed by atoms with van der Waals surface area (Å²) in [5.74, 6) is 2.24. The fraction of sp³-hybridized carbons (Fsp3) is 0.467. The summed E-state index contributed by atoms with van der Waals surface area (Å²) >= 11 is 0. The SMILES string of the molecule is COC(=C(C(C)C)C(C)C)c1cccc(OP=O)c1. The zero-order valence-electron chi connectivity index (χ0n) is 12.1. The molecule has 0 spiro atoms. The highest BCUT2D eigenvalue weighted by molar-refractivity contribution is 7.17. The molecule has 0 bridgehead atoms. The van der Waals surface area contributed by atoms with Crippen LogP contribution in [0.1, 0.15) is 33.3 Å². The predicted molar refractivity (Wildman–Crippen MR) is 78.3 cm³/mol. The lowest BCUT2D eigenvalue weighted by Crippen LogP contribution is -2.07. The van der Waals surface area contributed by atoms with Gasteiger partial charge < -0.3 is 9.26 Å². The van der Waals surface area contributed by atoms with Gasteiger partial charge in [0.25, 0.3) is 0 Å². The van der Waals surface area contributed by atoms with E-state index in [1.165, 1.54) is 5.57 Å². The highest BCUT2D eigenvalue weighted by atomic mass is 31.1. The smallest absolute Gasteiger partial charge is 0.395 e. The minimum atomic E-state index is -0.350. The third kappa shape index (κ3) is 4.07. The Balaban J connectivity index is 3.32. The Morgan fingerprint density at radius 3 is 2.26 bits per heavy atom. The molecule has 0 saturated heterocycles. The van der Waals surface area contributed by atoms with Gasteiger partial charge in [-0.3, -0.25) is 0 Å². The molecule has 0 heterocycles. The van der Waals surface area contributed by atoms with Crippen molar-refractivity contribution in [3.8, 4) is 5.75 Å². The van der Waals surface area contributed by atoms with Gasteiger partial charge in [0.15, 0.2) is 0 Å².